The van der Waals surface area contributed by atoms with Crippen LogP contribution in [-0.2, 0) is 9.47 Å². The van der Waals surface area contributed by atoms with Gasteiger partial charge in [0, 0.05) is 13.2 Å². The van der Waals surface area contributed by atoms with Crippen LogP contribution in [0.15, 0.2) is 0 Å². The fourth-order valence-corrected chi connectivity index (χ4v) is 2.30. The van der Waals surface area contributed by atoms with Gasteiger partial charge in [0.15, 0.2) is 0 Å². The van der Waals surface area contributed by atoms with Crippen LogP contribution >= 0.6 is 0 Å². The Bertz CT molecular complexity index is 236. The molecular formula is C14H28O6. The molecule has 0 amide bonds. The molecule has 0 aromatic carbocycles. The summed E-state index contributed by atoms with van der Waals surface area (Å²) < 4.78 is 11.1. The van der Waals surface area contributed by atoms with Gasteiger partial charge >= 0.3 is 0 Å². The van der Waals surface area contributed by atoms with Crippen LogP contribution in [0.3, 0.4) is 0 Å². The third-order valence-corrected chi connectivity index (χ3v) is 3.66. The standard InChI is InChI=1S/C14H28O6/c1-3-5-7-19-13-11(17)9(15)10(16)12(18)14(13)20-8-6-4-2/h9-18H,3-8H2,1-2H3/t9-,10-,11+,12+,13-,14+/m1/s1. The highest BCUT2D eigenvalue weighted by atomic mass is 16.6. The Morgan fingerprint density at radius 3 is 1.30 bits per heavy atom. The number of ether oxygens (including phenoxy) is 2. The molecular weight excluding hydrogens is 264 g/mol. The molecule has 0 aromatic heterocycles. The van der Waals surface area contributed by atoms with Crippen molar-refractivity contribution in [3.63, 3.8) is 0 Å². The van der Waals surface area contributed by atoms with E-state index in [2.05, 4.69) is 0 Å². The molecule has 0 unspecified atom stereocenters. The minimum Gasteiger partial charge on any atom is -0.387 e. The van der Waals surface area contributed by atoms with Crippen molar-refractivity contribution in [2.24, 2.45) is 0 Å². The van der Waals surface area contributed by atoms with E-state index in [0.717, 1.165) is 25.7 Å². The van der Waals surface area contributed by atoms with Gasteiger partial charge in [0.05, 0.1) is 0 Å². The van der Waals surface area contributed by atoms with E-state index in [-0.39, 0.29) is 0 Å². The average Bonchev–Trinajstić information content (AvgIpc) is 2.45. The van der Waals surface area contributed by atoms with E-state index in [0.29, 0.717) is 13.2 Å². The molecule has 6 heteroatoms. The van der Waals surface area contributed by atoms with Crippen LogP contribution in [-0.4, -0.2) is 70.3 Å². The van der Waals surface area contributed by atoms with Gasteiger partial charge in [0.25, 0.3) is 0 Å². The lowest BCUT2D eigenvalue weighted by atomic mass is 9.84. The Balaban J connectivity index is 2.69. The first-order valence-corrected chi connectivity index (χ1v) is 7.50. The van der Waals surface area contributed by atoms with E-state index in [4.69, 9.17) is 9.47 Å². The number of aliphatic hydroxyl groups excluding tert-OH is 4. The summed E-state index contributed by atoms with van der Waals surface area (Å²) in [5.74, 6) is 0. The lowest BCUT2D eigenvalue weighted by Gasteiger charge is -2.43. The van der Waals surface area contributed by atoms with E-state index < -0.39 is 36.6 Å². The van der Waals surface area contributed by atoms with Gasteiger partial charge in [-0.3, -0.25) is 0 Å². The number of aliphatic hydroxyl groups is 4. The maximum Gasteiger partial charge on any atom is 0.115 e. The van der Waals surface area contributed by atoms with E-state index in [1.807, 2.05) is 13.8 Å². The normalized spacial score (nSPS) is 38.1. The second-order valence-electron chi connectivity index (χ2n) is 5.34. The van der Waals surface area contributed by atoms with Crippen molar-refractivity contribution < 1.29 is 29.9 Å². The summed E-state index contributed by atoms with van der Waals surface area (Å²) in [5, 5.41) is 39.5. The van der Waals surface area contributed by atoms with Crippen LogP contribution < -0.4 is 0 Å². The molecule has 0 aliphatic heterocycles. The average molecular weight is 292 g/mol. The number of hydrogen-bond donors (Lipinski definition) is 4. The van der Waals surface area contributed by atoms with Crippen LogP contribution in [0.1, 0.15) is 39.5 Å². The minimum absolute atomic E-state index is 0.418. The Morgan fingerprint density at radius 1 is 0.650 bits per heavy atom. The number of hydrogen-bond acceptors (Lipinski definition) is 6. The fourth-order valence-electron chi connectivity index (χ4n) is 2.30. The first-order chi connectivity index (χ1) is 9.54. The first-order valence-electron chi connectivity index (χ1n) is 7.50. The van der Waals surface area contributed by atoms with E-state index in [1.54, 1.807) is 0 Å². The van der Waals surface area contributed by atoms with Gasteiger partial charge < -0.3 is 29.9 Å². The Labute approximate surface area is 120 Å². The molecule has 1 rings (SSSR count). The highest BCUT2D eigenvalue weighted by Gasteiger charge is 2.50. The third kappa shape index (κ3) is 4.38. The van der Waals surface area contributed by atoms with Crippen molar-refractivity contribution >= 4 is 0 Å². The number of unbranched alkanes of at least 4 members (excludes halogenated alkanes) is 2. The zero-order valence-electron chi connectivity index (χ0n) is 12.3. The molecule has 6 nitrogen and oxygen atoms in total. The van der Waals surface area contributed by atoms with Crippen molar-refractivity contribution in [1.29, 1.82) is 0 Å². The summed E-state index contributed by atoms with van der Waals surface area (Å²) in [6.07, 6.45) is -3.52. The zero-order valence-corrected chi connectivity index (χ0v) is 12.3. The summed E-state index contributed by atoms with van der Waals surface area (Å²) in [5.41, 5.74) is 0. The minimum atomic E-state index is -1.43. The second kappa shape index (κ2) is 8.92. The molecule has 0 bridgehead atoms. The Kier molecular flexibility index (Phi) is 7.94. The highest BCUT2D eigenvalue weighted by molar-refractivity contribution is 5.00. The summed E-state index contributed by atoms with van der Waals surface area (Å²) >= 11 is 0. The van der Waals surface area contributed by atoms with Crippen LogP contribution in [0, 0.1) is 0 Å². The molecule has 0 aromatic rings. The van der Waals surface area contributed by atoms with E-state index in [1.165, 1.54) is 0 Å². The SMILES string of the molecule is CCCCO[C@@H]1[C@@H](O)[C@H](O)[C@@H](O)[C@H](O)[C@@H]1OCCCC. The molecule has 0 saturated heterocycles. The predicted molar refractivity (Wildman–Crippen MR) is 73.3 cm³/mol. The second-order valence-corrected chi connectivity index (χ2v) is 5.34. The predicted octanol–water partition coefficient (Wildman–Crippen LogP) is -0.186. The van der Waals surface area contributed by atoms with Gasteiger partial charge in [0.1, 0.15) is 36.6 Å². The van der Waals surface area contributed by atoms with Gasteiger partial charge in [-0.05, 0) is 12.8 Å². The van der Waals surface area contributed by atoms with Crippen molar-refractivity contribution in [3.05, 3.63) is 0 Å². The Morgan fingerprint density at radius 2 is 1.00 bits per heavy atom. The largest absolute Gasteiger partial charge is 0.387 e. The molecule has 1 fully saturated rings. The molecule has 0 heterocycles. The fraction of sp³-hybridized carbons (Fsp3) is 1.00. The smallest absolute Gasteiger partial charge is 0.115 e. The molecule has 6 atom stereocenters. The highest BCUT2D eigenvalue weighted by Crippen LogP contribution is 2.26. The molecule has 1 aliphatic carbocycles. The lowest BCUT2D eigenvalue weighted by Crippen LogP contribution is -2.65. The maximum atomic E-state index is 10.0. The van der Waals surface area contributed by atoms with Gasteiger partial charge in [-0.2, -0.15) is 0 Å². The summed E-state index contributed by atoms with van der Waals surface area (Å²) in [7, 11) is 0. The third-order valence-electron chi connectivity index (χ3n) is 3.66. The van der Waals surface area contributed by atoms with E-state index in [9.17, 15) is 20.4 Å². The monoisotopic (exact) mass is 292 g/mol. The van der Waals surface area contributed by atoms with Gasteiger partial charge in [-0.15, -0.1) is 0 Å². The van der Waals surface area contributed by atoms with Gasteiger partial charge in [-0.25, -0.2) is 0 Å². The number of rotatable bonds is 8. The molecule has 120 valence electrons. The molecule has 0 spiro atoms. The van der Waals surface area contributed by atoms with Crippen LogP contribution in [0.2, 0.25) is 0 Å². The molecule has 4 N–H and O–H groups in total. The van der Waals surface area contributed by atoms with Crippen molar-refractivity contribution in [2.75, 3.05) is 13.2 Å². The van der Waals surface area contributed by atoms with Crippen molar-refractivity contribution in [3.8, 4) is 0 Å². The zero-order chi connectivity index (χ0) is 15.1. The van der Waals surface area contributed by atoms with Gasteiger partial charge in [-0.1, -0.05) is 26.7 Å². The summed E-state index contributed by atoms with van der Waals surface area (Å²) in [4.78, 5) is 0. The molecule has 20 heavy (non-hydrogen) atoms. The van der Waals surface area contributed by atoms with Gasteiger partial charge in [0.2, 0.25) is 0 Å². The quantitative estimate of drug-likeness (QED) is 0.463. The van der Waals surface area contributed by atoms with Crippen LogP contribution in [0.5, 0.6) is 0 Å². The summed E-state index contributed by atoms with van der Waals surface area (Å²) in [6.45, 7) is 4.87. The van der Waals surface area contributed by atoms with E-state index >= 15 is 0 Å². The first kappa shape index (κ1) is 17.8. The maximum absolute atomic E-state index is 10.0. The van der Waals surface area contributed by atoms with Crippen LogP contribution in [0.4, 0.5) is 0 Å². The van der Waals surface area contributed by atoms with Crippen molar-refractivity contribution in [1.82, 2.24) is 0 Å². The van der Waals surface area contributed by atoms with Crippen LogP contribution in [0.25, 0.3) is 0 Å². The molecule has 1 aliphatic rings. The topological polar surface area (TPSA) is 99.4 Å². The Hall–Kier alpha value is -0.240. The molecule has 1 saturated carbocycles. The van der Waals surface area contributed by atoms with Crippen molar-refractivity contribution in [2.45, 2.75) is 76.2 Å². The molecule has 0 radical (unpaired) electrons. The summed E-state index contributed by atoms with van der Waals surface area (Å²) in [6, 6.07) is 0. The lowest BCUT2D eigenvalue weighted by molar-refractivity contribution is -0.246.